The second-order valence-electron chi connectivity index (χ2n) is 13.7. The van der Waals surface area contributed by atoms with Crippen LogP contribution in [0.15, 0.2) is 24.3 Å². The number of aliphatic hydroxyl groups is 2. The first kappa shape index (κ1) is 49.5. The van der Waals surface area contributed by atoms with Crippen LogP contribution in [0.2, 0.25) is 0 Å². The third-order valence-electron chi connectivity index (χ3n) is 8.58. The Bertz CT molecular complexity index is 910. The molecule has 0 aromatic carbocycles. The maximum atomic E-state index is 12.5. The predicted molar refractivity (Wildman–Crippen MR) is 205 cm³/mol. The van der Waals surface area contributed by atoms with Gasteiger partial charge in [0.1, 0.15) is 12.7 Å². The van der Waals surface area contributed by atoms with Crippen LogP contribution in [0.25, 0.3) is 0 Å². The molecule has 0 aliphatic heterocycles. The molecule has 0 fully saturated rings. The number of phosphoric acid groups is 1. The van der Waals surface area contributed by atoms with Crippen LogP contribution in [0.4, 0.5) is 0 Å². The third-order valence-corrected chi connectivity index (χ3v) is 9.53. The Labute approximate surface area is 310 Å². The zero-order chi connectivity index (χ0) is 37.7. The van der Waals surface area contributed by atoms with Gasteiger partial charge in [0.2, 0.25) is 0 Å². The normalized spacial score (nSPS) is 14.2. The first-order chi connectivity index (χ1) is 24.7. The monoisotopic (exact) mass is 747 g/mol. The molecule has 0 radical (unpaired) electrons. The first-order valence-corrected chi connectivity index (χ1v) is 21.8. The van der Waals surface area contributed by atoms with E-state index >= 15 is 0 Å². The van der Waals surface area contributed by atoms with E-state index in [0.717, 1.165) is 51.4 Å². The Kier molecular flexibility index (Phi) is 35.7. The fraction of sp³-hybridized carbons (Fsp3) is 0.850. The minimum atomic E-state index is -4.61. The summed E-state index contributed by atoms with van der Waals surface area (Å²) in [5.41, 5.74) is 0. The van der Waals surface area contributed by atoms with Crippen molar-refractivity contribution in [2.24, 2.45) is 0 Å². The Morgan fingerprint density at radius 1 is 0.569 bits per heavy atom. The van der Waals surface area contributed by atoms with Crippen LogP contribution in [0.3, 0.4) is 0 Å². The van der Waals surface area contributed by atoms with Crippen molar-refractivity contribution in [3.8, 4) is 0 Å². The first-order valence-electron chi connectivity index (χ1n) is 20.3. The summed E-state index contributed by atoms with van der Waals surface area (Å²) in [6.45, 7) is 2.33. The molecule has 0 rings (SSSR count). The number of rotatable bonds is 38. The SMILES string of the molecule is CCCCCC/C=C/CCCCCCCCCC(=O)OC[C@H](COP(=O)(O)OC[C@@H](O)CO)OC(=O)CCCCC/C=C/CCCCCCCC. The fourth-order valence-corrected chi connectivity index (χ4v) is 6.18. The van der Waals surface area contributed by atoms with Crippen molar-refractivity contribution in [3.63, 3.8) is 0 Å². The van der Waals surface area contributed by atoms with E-state index in [1.165, 1.54) is 89.9 Å². The van der Waals surface area contributed by atoms with Crippen molar-refractivity contribution in [2.75, 3.05) is 26.4 Å². The van der Waals surface area contributed by atoms with Crippen LogP contribution < -0.4 is 0 Å². The Morgan fingerprint density at radius 2 is 0.961 bits per heavy atom. The molecule has 0 amide bonds. The quantitative estimate of drug-likeness (QED) is 0.0241. The van der Waals surface area contributed by atoms with Crippen molar-refractivity contribution >= 4 is 19.8 Å². The molecule has 300 valence electrons. The van der Waals surface area contributed by atoms with Crippen molar-refractivity contribution < 1.29 is 47.8 Å². The van der Waals surface area contributed by atoms with E-state index in [4.69, 9.17) is 19.1 Å². The van der Waals surface area contributed by atoms with E-state index in [2.05, 4.69) is 42.7 Å². The number of esters is 2. The summed E-state index contributed by atoms with van der Waals surface area (Å²) in [4.78, 5) is 34.9. The highest BCUT2D eigenvalue weighted by atomic mass is 31.2. The molecule has 11 heteroatoms. The van der Waals surface area contributed by atoms with Gasteiger partial charge in [0, 0.05) is 12.8 Å². The molecule has 3 N–H and O–H groups in total. The lowest BCUT2D eigenvalue weighted by Gasteiger charge is -2.20. The van der Waals surface area contributed by atoms with Gasteiger partial charge in [-0.05, 0) is 64.2 Å². The van der Waals surface area contributed by atoms with Crippen LogP contribution in [0, 0.1) is 0 Å². The molecule has 0 aliphatic carbocycles. The van der Waals surface area contributed by atoms with Crippen LogP contribution in [-0.4, -0.2) is 65.7 Å². The number of phosphoric ester groups is 1. The van der Waals surface area contributed by atoms with Gasteiger partial charge in [-0.2, -0.15) is 0 Å². The van der Waals surface area contributed by atoms with Gasteiger partial charge < -0.3 is 24.6 Å². The lowest BCUT2D eigenvalue weighted by atomic mass is 10.1. The number of unbranched alkanes of at least 4 members (excludes halogenated alkanes) is 20. The van der Waals surface area contributed by atoms with E-state index in [1.54, 1.807) is 0 Å². The van der Waals surface area contributed by atoms with Gasteiger partial charge in [-0.1, -0.05) is 128 Å². The lowest BCUT2D eigenvalue weighted by Crippen LogP contribution is -2.29. The maximum Gasteiger partial charge on any atom is 0.472 e. The molecule has 0 heterocycles. The Morgan fingerprint density at radius 3 is 1.45 bits per heavy atom. The molecule has 0 aromatic rings. The van der Waals surface area contributed by atoms with E-state index in [0.29, 0.717) is 12.8 Å². The van der Waals surface area contributed by atoms with Crippen molar-refractivity contribution in [1.82, 2.24) is 0 Å². The van der Waals surface area contributed by atoms with Gasteiger partial charge in [0.15, 0.2) is 6.10 Å². The second-order valence-corrected chi connectivity index (χ2v) is 15.1. The summed E-state index contributed by atoms with van der Waals surface area (Å²) in [5, 5.41) is 18.3. The minimum Gasteiger partial charge on any atom is -0.462 e. The second kappa shape index (κ2) is 36.8. The van der Waals surface area contributed by atoms with Gasteiger partial charge in [0.05, 0.1) is 19.8 Å². The van der Waals surface area contributed by atoms with Gasteiger partial charge in [-0.25, -0.2) is 4.57 Å². The Balaban J connectivity index is 4.35. The van der Waals surface area contributed by atoms with Crippen molar-refractivity contribution in [2.45, 2.75) is 193 Å². The molecule has 0 aromatic heterocycles. The van der Waals surface area contributed by atoms with E-state index in [1.807, 2.05) is 0 Å². The molecule has 0 spiro atoms. The van der Waals surface area contributed by atoms with Gasteiger partial charge >= 0.3 is 19.8 Å². The summed E-state index contributed by atoms with van der Waals surface area (Å²) >= 11 is 0. The average Bonchev–Trinajstić information content (AvgIpc) is 3.12. The zero-order valence-electron chi connectivity index (χ0n) is 32.3. The molecule has 3 atom stereocenters. The highest BCUT2D eigenvalue weighted by Gasteiger charge is 2.27. The summed E-state index contributed by atoms with van der Waals surface area (Å²) in [6, 6.07) is 0. The van der Waals surface area contributed by atoms with Gasteiger partial charge in [-0.15, -0.1) is 0 Å². The summed E-state index contributed by atoms with van der Waals surface area (Å²) in [5.74, 6) is -0.947. The smallest absolute Gasteiger partial charge is 0.462 e. The lowest BCUT2D eigenvalue weighted by molar-refractivity contribution is -0.161. The van der Waals surface area contributed by atoms with Crippen LogP contribution in [0.1, 0.15) is 181 Å². The maximum absolute atomic E-state index is 12.5. The van der Waals surface area contributed by atoms with Gasteiger partial charge in [0.25, 0.3) is 0 Å². The zero-order valence-corrected chi connectivity index (χ0v) is 33.2. The largest absolute Gasteiger partial charge is 0.472 e. The summed E-state index contributed by atoms with van der Waals surface area (Å²) in [7, 11) is -4.61. The number of hydrogen-bond acceptors (Lipinski definition) is 9. The van der Waals surface area contributed by atoms with Gasteiger partial charge in [-0.3, -0.25) is 18.6 Å². The molecule has 51 heavy (non-hydrogen) atoms. The fourth-order valence-electron chi connectivity index (χ4n) is 5.39. The van der Waals surface area contributed by atoms with Crippen molar-refractivity contribution in [1.29, 1.82) is 0 Å². The molecular weight excluding hydrogens is 671 g/mol. The third kappa shape index (κ3) is 36.6. The van der Waals surface area contributed by atoms with Crippen LogP contribution in [0.5, 0.6) is 0 Å². The average molecular weight is 747 g/mol. The topological polar surface area (TPSA) is 149 Å². The molecule has 0 saturated heterocycles. The highest BCUT2D eigenvalue weighted by Crippen LogP contribution is 2.43. The van der Waals surface area contributed by atoms with E-state index < -0.39 is 51.8 Å². The predicted octanol–water partition coefficient (Wildman–Crippen LogP) is 10.2. The highest BCUT2D eigenvalue weighted by molar-refractivity contribution is 7.47. The number of aliphatic hydroxyl groups excluding tert-OH is 2. The number of ether oxygens (including phenoxy) is 2. The summed E-state index contributed by atoms with van der Waals surface area (Å²) in [6.07, 6.45) is 34.3. The number of carbonyl (C=O) groups is 2. The molecule has 0 bridgehead atoms. The molecule has 0 aliphatic rings. The number of allylic oxidation sites excluding steroid dienone is 4. The summed E-state index contributed by atoms with van der Waals surface area (Å²) < 4.78 is 32.6. The number of carbonyl (C=O) groups excluding carboxylic acids is 2. The van der Waals surface area contributed by atoms with E-state index in [-0.39, 0.29) is 19.4 Å². The van der Waals surface area contributed by atoms with Crippen LogP contribution in [-0.2, 0) is 32.7 Å². The van der Waals surface area contributed by atoms with E-state index in [9.17, 15) is 24.2 Å². The molecular formula is C40H75O10P. The minimum absolute atomic E-state index is 0.164. The Hall–Kier alpha value is -1.55. The standard InChI is InChI=1S/C40H75O10P/c1-3-5-7-9-11-13-15-17-18-20-21-23-25-27-29-31-39(43)47-35-38(36-49-51(45,46)48-34-37(42)33-41)50-40(44)32-30-28-26-24-22-19-16-14-12-10-8-6-4-2/h13,15,19,22,37-38,41-42H,3-12,14,16-18,20-21,23-36H2,1-2H3,(H,45,46)/b15-13+,22-19+/t37-,38+/m0/s1. The molecule has 10 nitrogen and oxygen atoms in total. The van der Waals surface area contributed by atoms with Crippen LogP contribution >= 0.6 is 7.82 Å². The molecule has 1 unspecified atom stereocenters. The molecule has 0 saturated carbocycles. The van der Waals surface area contributed by atoms with Crippen molar-refractivity contribution in [3.05, 3.63) is 24.3 Å². The number of hydrogen-bond donors (Lipinski definition) is 3.